The second-order valence-corrected chi connectivity index (χ2v) is 6.06. The highest BCUT2D eigenvalue weighted by molar-refractivity contribution is 7.10. The van der Waals surface area contributed by atoms with Crippen LogP contribution in [-0.2, 0) is 0 Å². The number of hydrogen-bond donors (Lipinski definition) is 1. The highest BCUT2D eigenvalue weighted by Gasteiger charge is 2.38. The molecule has 1 aromatic rings. The average molecular weight is 257 g/mol. The maximum Gasteiger partial charge on any atom is 0.0561 e. The van der Waals surface area contributed by atoms with Gasteiger partial charge in [-0.3, -0.25) is 4.90 Å². The Hall–Kier alpha value is -0.0900. The van der Waals surface area contributed by atoms with Crippen LogP contribution in [0.4, 0.5) is 0 Å². The second kappa shape index (κ2) is 4.65. The quantitative estimate of drug-likeness (QED) is 0.895. The van der Waals surface area contributed by atoms with Gasteiger partial charge in [0.1, 0.15) is 0 Å². The molecule has 0 bridgehead atoms. The first-order valence-electron chi connectivity index (χ1n) is 6.04. The van der Waals surface area contributed by atoms with Gasteiger partial charge in [-0.25, -0.2) is 0 Å². The van der Waals surface area contributed by atoms with Crippen molar-refractivity contribution in [2.24, 2.45) is 5.92 Å². The topological polar surface area (TPSA) is 15.3 Å². The number of hydrogen-bond acceptors (Lipinski definition) is 3. The van der Waals surface area contributed by atoms with E-state index >= 15 is 0 Å². The van der Waals surface area contributed by atoms with Gasteiger partial charge in [-0.2, -0.15) is 0 Å². The summed E-state index contributed by atoms with van der Waals surface area (Å²) in [5, 5.41) is 6.51. The number of nitrogens with zero attached hydrogens (tertiary/aromatic N) is 1. The van der Waals surface area contributed by atoms with Gasteiger partial charge in [-0.05, 0) is 30.2 Å². The molecule has 4 heteroatoms. The van der Waals surface area contributed by atoms with E-state index < -0.39 is 0 Å². The Morgan fingerprint density at radius 1 is 1.38 bits per heavy atom. The van der Waals surface area contributed by atoms with Crippen molar-refractivity contribution in [3.8, 4) is 0 Å². The van der Waals surface area contributed by atoms with Crippen molar-refractivity contribution in [2.75, 3.05) is 26.2 Å². The molecule has 0 aromatic carbocycles. The molecule has 2 aliphatic rings. The van der Waals surface area contributed by atoms with Gasteiger partial charge >= 0.3 is 0 Å². The molecule has 2 fully saturated rings. The first kappa shape index (κ1) is 11.0. The van der Waals surface area contributed by atoms with E-state index in [-0.39, 0.29) is 0 Å². The lowest BCUT2D eigenvalue weighted by Crippen LogP contribution is -2.45. The summed E-state index contributed by atoms with van der Waals surface area (Å²) >= 11 is 8.12. The van der Waals surface area contributed by atoms with Crippen molar-refractivity contribution >= 4 is 22.9 Å². The van der Waals surface area contributed by atoms with E-state index in [0.29, 0.717) is 6.04 Å². The van der Waals surface area contributed by atoms with Crippen LogP contribution in [0.3, 0.4) is 0 Å². The Labute approximate surface area is 106 Å². The zero-order chi connectivity index (χ0) is 11.0. The Morgan fingerprint density at radius 2 is 2.12 bits per heavy atom. The van der Waals surface area contributed by atoms with Crippen LogP contribution in [0.15, 0.2) is 11.4 Å². The normalized spacial score (nSPS) is 24.6. The molecular weight excluding hydrogens is 240 g/mol. The third kappa shape index (κ3) is 2.14. The fourth-order valence-electron chi connectivity index (χ4n) is 2.57. The number of piperazine rings is 1. The Balaban J connectivity index is 1.83. The largest absolute Gasteiger partial charge is 0.314 e. The van der Waals surface area contributed by atoms with Gasteiger partial charge in [0.05, 0.1) is 5.02 Å². The second-order valence-electron chi connectivity index (χ2n) is 4.70. The smallest absolute Gasteiger partial charge is 0.0561 e. The average Bonchev–Trinajstić information content (AvgIpc) is 3.05. The summed E-state index contributed by atoms with van der Waals surface area (Å²) in [6.07, 6.45) is 2.76. The molecule has 1 aromatic heterocycles. The first-order valence-corrected chi connectivity index (χ1v) is 7.29. The molecule has 1 aliphatic heterocycles. The van der Waals surface area contributed by atoms with Crippen molar-refractivity contribution in [1.82, 2.24) is 10.2 Å². The third-order valence-corrected chi connectivity index (χ3v) is 4.96. The van der Waals surface area contributed by atoms with Crippen molar-refractivity contribution < 1.29 is 0 Å². The highest BCUT2D eigenvalue weighted by atomic mass is 35.5. The molecule has 88 valence electrons. The monoisotopic (exact) mass is 256 g/mol. The van der Waals surface area contributed by atoms with Crippen LogP contribution >= 0.6 is 22.9 Å². The summed E-state index contributed by atoms with van der Waals surface area (Å²) < 4.78 is 0. The Morgan fingerprint density at radius 3 is 2.69 bits per heavy atom. The fraction of sp³-hybridized carbons (Fsp3) is 0.667. The zero-order valence-corrected chi connectivity index (χ0v) is 10.9. The molecule has 1 aliphatic carbocycles. The summed E-state index contributed by atoms with van der Waals surface area (Å²) in [5.74, 6) is 0.856. The third-order valence-electron chi connectivity index (χ3n) is 3.53. The van der Waals surface area contributed by atoms with Gasteiger partial charge in [0.2, 0.25) is 0 Å². The fourth-order valence-corrected chi connectivity index (χ4v) is 3.96. The minimum Gasteiger partial charge on any atom is -0.314 e. The summed E-state index contributed by atoms with van der Waals surface area (Å²) in [5.41, 5.74) is 0. The van der Waals surface area contributed by atoms with Gasteiger partial charge in [0, 0.05) is 37.1 Å². The highest BCUT2D eigenvalue weighted by Crippen LogP contribution is 2.47. The Bertz CT molecular complexity index is 356. The molecule has 0 amide bonds. The van der Waals surface area contributed by atoms with Crippen LogP contribution in [0.2, 0.25) is 5.02 Å². The van der Waals surface area contributed by atoms with E-state index in [2.05, 4.69) is 15.6 Å². The predicted octanol–water partition coefficient (Wildman–Crippen LogP) is 2.76. The van der Waals surface area contributed by atoms with Crippen molar-refractivity contribution in [2.45, 2.75) is 18.9 Å². The maximum atomic E-state index is 6.29. The summed E-state index contributed by atoms with van der Waals surface area (Å²) in [6, 6.07) is 2.63. The van der Waals surface area contributed by atoms with Crippen molar-refractivity contribution in [3.63, 3.8) is 0 Å². The van der Waals surface area contributed by atoms with E-state index in [0.717, 1.165) is 37.1 Å². The molecule has 1 saturated heterocycles. The maximum absolute atomic E-state index is 6.29. The van der Waals surface area contributed by atoms with Crippen LogP contribution in [0, 0.1) is 5.92 Å². The number of rotatable bonds is 3. The number of thiophene rings is 1. The summed E-state index contributed by atoms with van der Waals surface area (Å²) in [7, 11) is 0. The zero-order valence-electron chi connectivity index (χ0n) is 9.29. The first-order chi connectivity index (χ1) is 7.86. The molecule has 0 radical (unpaired) electrons. The standard InChI is InChI=1S/C12H17ClN2S/c13-10-3-8-16-12(10)11(9-1-2-9)15-6-4-14-5-7-15/h3,8-9,11,14H,1-2,4-7H2/t11-/m1/s1. The van der Waals surface area contributed by atoms with Crippen LogP contribution in [0.25, 0.3) is 0 Å². The van der Waals surface area contributed by atoms with E-state index in [1.165, 1.54) is 17.7 Å². The summed E-state index contributed by atoms with van der Waals surface area (Å²) in [6.45, 7) is 4.56. The molecule has 1 saturated carbocycles. The molecule has 0 unspecified atom stereocenters. The molecule has 1 atom stereocenters. The predicted molar refractivity (Wildman–Crippen MR) is 69.2 cm³/mol. The van der Waals surface area contributed by atoms with Crippen LogP contribution in [0.5, 0.6) is 0 Å². The van der Waals surface area contributed by atoms with Gasteiger partial charge in [-0.15, -0.1) is 11.3 Å². The lowest BCUT2D eigenvalue weighted by atomic mass is 10.1. The minimum atomic E-state index is 0.592. The van der Waals surface area contributed by atoms with E-state index in [1.807, 2.05) is 17.4 Å². The lowest BCUT2D eigenvalue weighted by Gasteiger charge is -2.34. The van der Waals surface area contributed by atoms with Crippen molar-refractivity contribution in [3.05, 3.63) is 21.3 Å². The lowest BCUT2D eigenvalue weighted by molar-refractivity contribution is 0.159. The molecule has 0 spiro atoms. The van der Waals surface area contributed by atoms with Crippen LogP contribution in [-0.4, -0.2) is 31.1 Å². The van der Waals surface area contributed by atoms with E-state index in [4.69, 9.17) is 11.6 Å². The molecular formula is C12H17ClN2S. The van der Waals surface area contributed by atoms with Crippen LogP contribution in [0.1, 0.15) is 23.8 Å². The SMILES string of the molecule is Clc1ccsc1[C@@H](C1CC1)N1CCNCC1. The van der Waals surface area contributed by atoms with Gasteiger partial charge in [-0.1, -0.05) is 11.6 Å². The molecule has 3 rings (SSSR count). The number of nitrogens with one attached hydrogen (secondary N) is 1. The van der Waals surface area contributed by atoms with E-state index in [9.17, 15) is 0 Å². The van der Waals surface area contributed by atoms with Crippen molar-refractivity contribution in [1.29, 1.82) is 0 Å². The molecule has 2 nitrogen and oxygen atoms in total. The molecule has 1 N–H and O–H groups in total. The summed E-state index contributed by atoms with van der Waals surface area (Å²) in [4.78, 5) is 4.01. The van der Waals surface area contributed by atoms with E-state index in [1.54, 1.807) is 0 Å². The number of halogens is 1. The van der Waals surface area contributed by atoms with Crippen LogP contribution < -0.4 is 5.32 Å². The Kier molecular flexibility index (Phi) is 3.20. The van der Waals surface area contributed by atoms with Gasteiger partial charge in [0.25, 0.3) is 0 Å². The molecule has 16 heavy (non-hydrogen) atoms. The van der Waals surface area contributed by atoms with Gasteiger partial charge in [0.15, 0.2) is 0 Å². The minimum absolute atomic E-state index is 0.592. The molecule has 2 heterocycles. The van der Waals surface area contributed by atoms with Gasteiger partial charge < -0.3 is 5.32 Å².